The predicted molar refractivity (Wildman–Crippen MR) is 202 cm³/mol. The van der Waals surface area contributed by atoms with E-state index in [0.717, 1.165) is 17.0 Å². The summed E-state index contributed by atoms with van der Waals surface area (Å²) in [6.07, 6.45) is -3.44. The topological polar surface area (TPSA) is 211 Å². The summed E-state index contributed by atoms with van der Waals surface area (Å²) in [5.74, 6) is -7.05. The van der Waals surface area contributed by atoms with Crippen LogP contribution in [0.5, 0.6) is 5.75 Å². The van der Waals surface area contributed by atoms with E-state index in [1.807, 2.05) is 0 Å². The average molecular weight is 849 g/mol. The Morgan fingerprint density at radius 3 is 2.45 bits per heavy atom. The number of amides is 7. The Morgan fingerprint density at radius 1 is 1.05 bits per heavy atom. The van der Waals surface area contributed by atoms with Crippen molar-refractivity contribution in [2.75, 3.05) is 29.5 Å². The molecule has 3 fully saturated rings. The second-order valence-electron chi connectivity index (χ2n) is 14.7. The summed E-state index contributed by atoms with van der Waals surface area (Å²) in [6.45, 7) is 2.47. The van der Waals surface area contributed by atoms with Crippen molar-refractivity contribution >= 4 is 70.1 Å². The highest BCUT2D eigenvalue weighted by molar-refractivity contribution is 7.81. The molecule has 3 aromatic rings. The number of hydrogen-bond acceptors (Lipinski definition) is 11. The number of fused-ring (bicyclic) bond motifs is 1. The number of hydrogen-bond donors (Lipinski definition) is 3. The van der Waals surface area contributed by atoms with E-state index >= 15 is 4.39 Å². The number of imide groups is 2. The van der Waals surface area contributed by atoms with Gasteiger partial charge < -0.3 is 20.3 Å². The second-order valence-corrected chi connectivity index (χ2v) is 15.1. The predicted octanol–water partition coefficient (Wildman–Crippen LogP) is 2.84. The molecule has 0 radical (unpaired) electrons. The van der Waals surface area contributed by atoms with Gasteiger partial charge in [0.1, 0.15) is 22.9 Å². The number of carbonyl (C=O) groups is 7. The van der Waals surface area contributed by atoms with Crippen molar-refractivity contribution in [2.24, 2.45) is 5.92 Å². The molecule has 7 amide bonds. The maximum absolute atomic E-state index is 15.4. The zero-order valence-electron chi connectivity index (χ0n) is 31.5. The van der Waals surface area contributed by atoms with Crippen molar-refractivity contribution < 1.29 is 55.9 Å². The molecule has 4 heterocycles. The summed E-state index contributed by atoms with van der Waals surface area (Å²) in [5, 5.41) is 16.3. The van der Waals surface area contributed by atoms with Crippen LogP contribution in [0.4, 0.5) is 28.9 Å². The number of anilines is 2. The molecule has 1 aromatic heterocycles. The number of thiocarbonyl (C=S) groups is 1. The van der Waals surface area contributed by atoms with E-state index in [0.29, 0.717) is 17.0 Å². The molecule has 0 bridgehead atoms. The summed E-state index contributed by atoms with van der Waals surface area (Å²) in [5.41, 5.74) is -4.30. The van der Waals surface area contributed by atoms with E-state index in [-0.39, 0.29) is 65.4 Å². The number of pyridine rings is 1. The molecular formula is C39H32F4N8O8S. The van der Waals surface area contributed by atoms with Gasteiger partial charge in [-0.05, 0) is 75.3 Å². The number of ether oxygens (including phenoxy) is 1. The molecule has 0 spiro atoms. The van der Waals surface area contributed by atoms with Gasteiger partial charge in [-0.2, -0.15) is 18.4 Å². The number of nitriles is 1. The van der Waals surface area contributed by atoms with Crippen LogP contribution in [0, 0.1) is 23.1 Å². The van der Waals surface area contributed by atoms with Crippen molar-refractivity contribution in [3.05, 3.63) is 82.4 Å². The van der Waals surface area contributed by atoms with Gasteiger partial charge in [-0.1, -0.05) is 6.07 Å². The highest BCUT2D eigenvalue weighted by Gasteiger charge is 2.53. The molecule has 2 aromatic carbocycles. The molecule has 310 valence electrons. The first kappa shape index (κ1) is 41.3. The van der Waals surface area contributed by atoms with Gasteiger partial charge in [-0.15, -0.1) is 0 Å². The van der Waals surface area contributed by atoms with Gasteiger partial charge in [-0.25, -0.2) is 4.39 Å². The van der Waals surface area contributed by atoms with E-state index in [4.69, 9.17) is 22.2 Å². The lowest BCUT2D eigenvalue weighted by atomic mass is 10.0. The third-order valence-electron chi connectivity index (χ3n) is 10.5. The third kappa shape index (κ3) is 7.27. The van der Waals surface area contributed by atoms with Crippen molar-refractivity contribution in [3.63, 3.8) is 0 Å². The van der Waals surface area contributed by atoms with Crippen LogP contribution in [0.2, 0.25) is 0 Å². The smallest absolute Gasteiger partial charge is 0.420 e. The Kier molecular flexibility index (Phi) is 10.6. The van der Waals surface area contributed by atoms with Crippen LogP contribution in [0.25, 0.3) is 0 Å². The van der Waals surface area contributed by atoms with E-state index in [1.54, 1.807) is 12.1 Å². The third-order valence-corrected chi connectivity index (χ3v) is 10.9. The first-order valence-electron chi connectivity index (χ1n) is 18.3. The molecule has 21 heteroatoms. The monoisotopic (exact) mass is 848 g/mol. The fourth-order valence-corrected chi connectivity index (χ4v) is 7.94. The van der Waals surface area contributed by atoms with Gasteiger partial charge in [0.05, 0.1) is 40.3 Å². The van der Waals surface area contributed by atoms with E-state index < -0.39 is 88.4 Å². The Labute approximate surface area is 342 Å². The fraction of sp³-hybridized carbons (Fsp3) is 0.333. The van der Waals surface area contributed by atoms with Crippen LogP contribution >= 0.6 is 12.2 Å². The first-order valence-corrected chi connectivity index (χ1v) is 18.7. The molecule has 1 aliphatic carbocycles. The molecule has 3 unspecified atom stereocenters. The van der Waals surface area contributed by atoms with Crippen LogP contribution < -0.4 is 30.5 Å². The number of piperidine rings is 1. The normalized spacial score (nSPS) is 20.8. The average Bonchev–Trinajstić information content (AvgIpc) is 3.93. The van der Waals surface area contributed by atoms with Crippen molar-refractivity contribution in [1.82, 2.24) is 25.8 Å². The minimum atomic E-state index is -5.22. The molecule has 3 aliphatic heterocycles. The minimum absolute atomic E-state index is 0.00939. The summed E-state index contributed by atoms with van der Waals surface area (Å²) in [4.78, 5) is 96.3. The number of benzene rings is 2. The van der Waals surface area contributed by atoms with Gasteiger partial charge >= 0.3 is 6.18 Å². The Morgan fingerprint density at radius 2 is 1.78 bits per heavy atom. The SMILES string of the molecule is CC1(C)C(=O)N(c2ccc(C#N)c(C(F)(F)F)c2F)C(=S)N1c1ccc(C2CC2C(=O)NCCNC(=O)COc2cccc3c2C(=O)N(C2CCC(=O)NC2=O)C3=O)nc1. The first-order chi connectivity index (χ1) is 28.4. The Bertz CT molecular complexity index is 2450. The molecule has 2 saturated heterocycles. The largest absolute Gasteiger partial charge is 0.483 e. The van der Waals surface area contributed by atoms with Crippen LogP contribution in [0.15, 0.2) is 48.7 Å². The van der Waals surface area contributed by atoms with Crippen LogP contribution in [0.3, 0.4) is 0 Å². The van der Waals surface area contributed by atoms with Crippen LogP contribution in [0.1, 0.15) is 76.6 Å². The van der Waals surface area contributed by atoms with Gasteiger partial charge in [-0.3, -0.25) is 53.7 Å². The summed E-state index contributed by atoms with van der Waals surface area (Å²) >= 11 is 5.48. The summed E-state index contributed by atoms with van der Waals surface area (Å²) in [7, 11) is 0. The molecule has 4 aliphatic rings. The minimum Gasteiger partial charge on any atom is -0.483 e. The molecule has 60 heavy (non-hydrogen) atoms. The molecular weight excluding hydrogens is 817 g/mol. The maximum atomic E-state index is 15.4. The van der Waals surface area contributed by atoms with E-state index in [1.165, 1.54) is 49.2 Å². The number of nitrogens with zero attached hydrogens (tertiary/aromatic N) is 5. The lowest BCUT2D eigenvalue weighted by molar-refractivity contribution is -0.140. The lowest BCUT2D eigenvalue weighted by Crippen LogP contribution is -2.54. The van der Waals surface area contributed by atoms with E-state index in [2.05, 4.69) is 20.9 Å². The fourth-order valence-electron chi connectivity index (χ4n) is 7.43. The molecule has 7 rings (SSSR count). The van der Waals surface area contributed by atoms with Crippen molar-refractivity contribution in [2.45, 2.75) is 56.8 Å². The van der Waals surface area contributed by atoms with Gasteiger partial charge in [0.15, 0.2) is 17.5 Å². The molecule has 1 saturated carbocycles. The van der Waals surface area contributed by atoms with E-state index in [9.17, 15) is 46.7 Å². The Balaban J connectivity index is 0.898. The zero-order valence-corrected chi connectivity index (χ0v) is 32.3. The van der Waals surface area contributed by atoms with Gasteiger partial charge in [0.2, 0.25) is 17.7 Å². The number of aromatic nitrogens is 1. The number of alkyl halides is 3. The standard InChI is InChI=1S/C39H32F4N8O8S/c1-38(2)36(58)50(24-9-6-18(15-44)30(31(24)40)39(41,42)43)37(60)51(38)19-7-8-23(47-16-19)21-14-22(21)32(54)46-13-12-45-28(53)17-59-26-5-3-4-20-29(26)35(57)49(34(20)56)25-10-11-27(52)48-33(25)55/h3-9,16,21-22,25H,10-14,17H2,1-2H3,(H,45,53)(H,46,54)(H,48,52,55). The van der Waals surface area contributed by atoms with Crippen molar-refractivity contribution in [3.8, 4) is 11.8 Å². The zero-order chi connectivity index (χ0) is 43.4. The van der Waals surface area contributed by atoms with Gasteiger partial charge in [0, 0.05) is 37.0 Å². The van der Waals surface area contributed by atoms with Crippen LogP contribution in [-0.2, 0) is 30.1 Å². The number of nitrogens with one attached hydrogen (secondary N) is 3. The molecule has 16 nitrogen and oxygen atoms in total. The van der Waals surface area contributed by atoms with Gasteiger partial charge in [0.25, 0.3) is 23.6 Å². The van der Waals surface area contributed by atoms with Crippen molar-refractivity contribution in [1.29, 1.82) is 5.26 Å². The quantitative estimate of drug-likeness (QED) is 0.110. The lowest BCUT2D eigenvalue weighted by Gasteiger charge is -2.29. The highest BCUT2D eigenvalue weighted by Crippen LogP contribution is 2.47. The summed E-state index contributed by atoms with van der Waals surface area (Å²) < 4.78 is 62.0. The number of rotatable bonds is 11. The molecule has 3 N–H and O–H groups in total. The highest BCUT2D eigenvalue weighted by atomic mass is 32.1. The van der Waals surface area contributed by atoms with Crippen LogP contribution in [-0.4, -0.2) is 87.6 Å². The number of halogens is 4. The Hall–Kier alpha value is -6.82. The molecule has 3 atom stereocenters. The second kappa shape index (κ2) is 15.4. The number of carbonyl (C=O) groups excluding carboxylic acids is 7. The maximum Gasteiger partial charge on any atom is 0.420 e. The summed E-state index contributed by atoms with van der Waals surface area (Å²) in [6, 6.07) is 9.24.